The lowest BCUT2D eigenvalue weighted by Crippen LogP contribution is -2.07. The van der Waals surface area contributed by atoms with Gasteiger partial charge in [-0.3, -0.25) is 0 Å². The molecule has 0 spiro atoms. The topological polar surface area (TPSA) is 73.0 Å². The van der Waals surface area contributed by atoms with E-state index in [0.29, 0.717) is 12.3 Å². The zero-order valence-electron chi connectivity index (χ0n) is 8.35. The molecule has 0 radical (unpaired) electrons. The van der Waals surface area contributed by atoms with Crippen molar-refractivity contribution in [3.05, 3.63) is 16.1 Å². The summed E-state index contributed by atoms with van der Waals surface area (Å²) in [5, 5.41) is 0.393. The first-order valence-corrected chi connectivity index (χ1v) is 7.53. The molecule has 1 aromatic heterocycles. The van der Waals surface area contributed by atoms with E-state index in [4.69, 9.17) is 5.73 Å². The molecule has 2 N–H and O–H groups in total. The van der Waals surface area contributed by atoms with E-state index in [1.807, 2.05) is 0 Å². The third kappa shape index (κ3) is 2.21. The summed E-state index contributed by atoms with van der Waals surface area (Å²) in [5.41, 5.74) is 5.44. The van der Waals surface area contributed by atoms with Crippen LogP contribution in [0.25, 0.3) is 0 Å². The van der Waals surface area contributed by atoms with Gasteiger partial charge < -0.3 is 5.73 Å². The van der Waals surface area contributed by atoms with Crippen LogP contribution in [-0.2, 0) is 16.3 Å². The highest BCUT2D eigenvalue weighted by Gasteiger charge is 2.34. The van der Waals surface area contributed by atoms with Crippen molar-refractivity contribution in [2.75, 3.05) is 12.3 Å². The second-order valence-electron chi connectivity index (χ2n) is 3.70. The number of rotatable bonds is 3. The number of hydrogen-bond acceptors (Lipinski definition) is 5. The van der Waals surface area contributed by atoms with Gasteiger partial charge in [-0.25, -0.2) is 13.4 Å². The fraction of sp³-hybridized carbons (Fsp3) is 0.667. The monoisotopic (exact) mass is 246 g/mol. The highest BCUT2D eigenvalue weighted by Crippen LogP contribution is 2.36. The fourth-order valence-electron chi connectivity index (χ4n) is 1.80. The van der Waals surface area contributed by atoms with Crippen molar-refractivity contribution in [3.63, 3.8) is 0 Å². The lowest BCUT2D eigenvalue weighted by atomic mass is 10.3. The standard InChI is InChI=1S/C9H14N2O2S2/c10-4-3-7-6-11-9(14-7)8-2-1-5-15(8,12)13/h6,8H,1-5,10H2. The van der Waals surface area contributed by atoms with Crippen LogP contribution in [0.4, 0.5) is 0 Å². The van der Waals surface area contributed by atoms with E-state index in [1.165, 1.54) is 11.3 Å². The zero-order valence-corrected chi connectivity index (χ0v) is 9.98. The Morgan fingerprint density at radius 3 is 3.00 bits per heavy atom. The van der Waals surface area contributed by atoms with E-state index in [1.54, 1.807) is 6.20 Å². The van der Waals surface area contributed by atoms with E-state index < -0.39 is 9.84 Å². The van der Waals surface area contributed by atoms with Crippen molar-refractivity contribution in [3.8, 4) is 0 Å². The first kappa shape index (κ1) is 11.0. The minimum absolute atomic E-state index is 0.309. The summed E-state index contributed by atoms with van der Waals surface area (Å²) in [6.07, 6.45) is 4.02. The van der Waals surface area contributed by atoms with Crippen LogP contribution in [-0.4, -0.2) is 25.7 Å². The Hall–Kier alpha value is -0.460. The second-order valence-corrected chi connectivity index (χ2v) is 7.15. The summed E-state index contributed by atoms with van der Waals surface area (Å²) < 4.78 is 23.3. The lowest BCUT2D eigenvalue weighted by Gasteiger charge is -2.03. The van der Waals surface area contributed by atoms with Crippen molar-refractivity contribution >= 4 is 21.2 Å². The molecule has 1 aliphatic heterocycles. The van der Waals surface area contributed by atoms with Crippen LogP contribution in [0.15, 0.2) is 6.20 Å². The van der Waals surface area contributed by atoms with Gasteiger partial charge in [0, 0.05) is 11.1 Å². The van der Waals surface area contributed by atoms with Gasteiger partial charge in [0.05, 0.1) is 5.75 Å². The van der Waals surface area contributed by atoms with Crippen molar-refractivity contribution in [1.82, 2.24) is 4.98 Å². The maximum absolute atomic E-state index is 11.7. The van der Waals surface area contributed by atoms with Gasteiger partial charge in [-0.1, -0.05) is 0 Å². The molecule has 1 atom stereocenters. The number of sulfone groups is 1. The molecule has 0 saturated carbocycles. The normalized spacial score (nSPS) is 24.5. The Labute approximate surface area is 93.4 Å². The molecular weight excluding hydrogens is 232 g/mol. The molecule has 1 unspecified atom stereocenters. The highest BCUT2D eigenvalue weighted by atomic mass is 32.2. The predicted octanol–water partition coefficient (Wildman–Crippen LogP) is 0.894. The molecule has 0 aromatic carbocycles. The smallest absolute Gasteiger partial charge is 0.159 e. The van der Waals surface area contributed by atoms with E-state index in [9.17, 15) is 8.42 Å². The number of hydrogen-bond donors (Lipinski definition) is 1. The first-order chi connectivity index (χ1) is 7.13. The molecule has 1 fully saturated rings. The van der Waals surface area contributed by atoms with Gasteiger partial charge in [0.2, 0.25) is 0 Å². The van der Waals surface area contributed by atoms with E-state index >= 15 is 0 Å². The Morgan fingerprint density at radius 1 is 1.60 bits per heavy atom. The summed E-state index contributed by atoms with van der Waals surface area (Å²) in [6.45, 7) is 0.582. The highest BCUT2D eigenvalue weighted by molar-refractivity contribution is 7.92. The van der Waals surface area contributed by atoms with Crippen LogP contribution in [0.2, 0.25) is 0 Å². The average molecular weight is 246 g/mol. The second kappa shape index (κ2) is 4.19. The summed E-state index contributed by atoms with van der Waals surface area (Å²) in [4.78, 5) is 5.27. The van der Waals surface area contributed by atoms with Gasteiger partial charge in [0.15, 0.2) is 9.84 Å². The molecule has 6 heteroatoms. The van der Waals surface area contributed by atoms with Crippen molar-refractivity contribution < 1.29 is 8.42 Å². The Bertz CT molecular complexity index is 439. The molecule has 0 aliphatic carbocycles. The van der Waals surface area contributed by atoms with Gasteiger partial charge >= 0.3 is 0 Å². The zero-order chi connectivity index (χ0) is 10.9. The third-order valence-corrected chi connectivity index (χ3v) is 6.07. The lowest BCUT2D eigenvalue weighted by molar-refractivity contribution is 0.592. The van der Waals surface area contributed by atoms with E-state index in [0.717, 1.165) is 29.1 Å². The van der Waals surface area contributed by atoms with Crippen LogP contribution in [0.5, 0.6) is 0 Å². The van der Waals surface area contributed by atoms with Crippen LogP contribution in [0.1, 0.15) is 28.0 Å². The summed E-state index contributed by atoms with van der Waals surface area (Å²) in [6, 6.07) is 0. The van der Waals surface area contributed by atoms with Gasteiger partial charge in [0.25, 0.3) is 0 Å². The minimum Gasteiger partial charge on any atom is -0.330 e. The molecule has 15 heavy (non-hydrogen) atoms. The molecule has 84 valence electrons. The average Bonchev–Trinajstić information content (AvgIpc) is 2.72. The van der Waals surface area contributed by atoms with Crippen molar-refractivity contribution in [2.45, 2.75) is 24.5 Å². The Morgan fingerprint density at radius 2 is 2.40 bits per heavy atom. The maximum Gasteiger partial charge on any atom is 0.159 e. The summed E-state index contributed by atoms with van der Waals surface area (Å²) in [5.74, 6) is 0.309. The minimum atomic E-state index is -2.93. The molecule has 1 saturated heterocycles. The van der Waals surface area contributed by atoms with Gasteiger partial charge in [-0.05, 0) is 25.8 Å². The van der Waals surface area contributed by atoms with Crippen LogP contribution >= 0.6 is 11.3 Å². The van der Waals surface area contributed by atoms with Gasteiger partial charge in [-0.2, -0.15) is 0 Å². The molecule has 1 aromatic rings. The maximum atomic E-state index is 11.7. The molecule has 1 aliphatic rings. The fourth-order valence-corrected chi connectivity index (χ4v) is 5.08. The van der Waals surface area contributed by atoms with Crippen LogP contribution in [0, 0.1) is 0 Å². The van der Waals surface area contributed by atoms with Crippen LogP contribution in [0.3, 0.4) is 0 Å². The molecule has 4 nitrogen and oxygen atoms in total. The largest absolute Gasteiger partial charge is 0.330 e. The molecule has 2 heterocycles. The van der Waals surface area contributed by atoms with Crippen LogP contribution < -0.4 is 5.73 Å². The van der Waals surface area contributed by atoms with Gasteiger partial charge in [0.1, 0.15) is 10.3 Å². The molecular formula is C9H14N2O2S2. The third-order valence-electron chi connectivity index (χ3n) is 2.57. The molecule has 2 rings (SSSR count). The number of nitrogens with zero attached hydrogens (tertiary/aromatic N) is 1. The Balaban J connectivity index is 2.22. The summed E-state index contributed by atoms with van der Waals surface area (Å²) in [7, 11) is -2.93. The summed E-state index contributed by atoms with van der Waals surface area (Å²) >= 11 is 1.49. The van der Waals surface area contributed by atoms with Gasteiger partial charge in [-0.15, -0.1) is 11.3 Å². The number of aromatic nitrogens is 1. The quantitative estimate of drug-likeness (QED) is 0.859. The van der Waals surface area contributed by atoms with Crippen molar-refractivity contribution in [2.24, 2.45) is 5.73 Å². The molecule has 0 amide bonds. The Kier molecular flexibility index (Phi) is 3.08. The molecule has 0 bridgehead atoms. The van der Waals surface area contributed by atoms with E-state index in [-0.39, 0.29) is 5.25 Å². The van der Waals surface area contributed by atoms with E-state index in [2.05, 4.69) is 4.98 Å². The predicted molar refractivity (Wildman–Crippen MR) is 60.6 cm³/mol. The first-order valence-electron chi connectivity index (χ1n) is 5.00. The van der Waals surface area contributed by atoms with Crippen molar-refractivity contribution in [1.29, 1.82) is 0 Å². The number of nitrogens with two attached hydrogens (primary N) is 1. The SMILES string of the molecule is NCCc1cnc(C2CCCS2(=O)=O)s1. The number of thiazole rings is 1.